The molecule has 1 aromatic rings. The van der Waals surface area contributed by atoms with Gasteiger partial charge in [-0.1, -0.05) is 0 Å². The molecule has 2 rings (SSSR count). The summed E-state index contributed by atoms with van der Waals surface area (Å²) in [5, 5.41) is 8.43. The van der Waals surface area contributed by atoms with Gasteiger partial charge in [0.05, 0.1) is 8.64 Å². The van der Waals surface area contributed by atoms with Crippen molar-refractivity contribution in [2.75, 3.05) is 12.3 Å². The fraction of sp³-hybridized carbons (Fsp3) is 0.636. The highest BCUT2D eigenvalue weighted by atomic mass is 127. The fourth-order valence-electron chi connectivity index (χ4n) is 2.28. The zero-order valence-corrected chi connectivity index (χ0v) is 13.8. The van der Waals surface area contributed by atoms with E-state index in [2.05, 4.69) is 34.0 Å². The molecular weight excluding hydrogens is 383 g/mol. The van der Waals surface area contributed by atoms with E-state index in [1.165, 1.54) is 26.2 Å². The van der Waals surface area contributed by atoms with Gasteiger partial charge < -0.3 is 5.32 Å². The molecule has 7 heteroatoms. The molecule has 0 amide bonds. The van der Waals surface area contributed by atoms with Crippen LogP contribution in [0.25, 0.3) is 0 Å². The van der Waals surface area contributed by atoms with Crippen LogP contribution in [0.4, 0.5) is 0 Å². The molecule has 1 aromatic heterocycles. The normalized spacial score (nSPS) is 19.8. The quantitative estimate of drug-likeness (QED) is 0.587. The highest BCUT2D eigenvalue weighted by molar-refractivity contribution is 14.1. The number of hydrogen-bond acceptors (Lipinski definition) is 4. The van der Waals surface area contributed by atoms with Crippen molar-refractivity contribution in [2.45, 2.75) is 31.7 Å². The summed E-state index contributed by atoms with van der Waals surface area (Å²) in [6, 6.07) is 2.63. The predicted molar refractivity (Wildman–Crippen MR) is 83.3 cm³/mol. The molecule has 0 fully saturated rings. The maximum absolute atomic E-state index is 10.8. The van der Waals surface area contributed by atoms with E-state index in [1.54, 1.807) is 0 Å². The number of fused-ring (bicyclic) bond motifs is 1. The molecular formula is C11H17IN2O2S2. The van der Waals surface area contributed by atoms with Gasteiger partial charge in [-0.2, -0.15) is 0 Å². The van der Waals surface area contributed by atoms with Gasteiger partial charge in [-0.15, -0.1) is 11.3 Å². The van der Waals surface area contributed by atoms with Gasteiger partial charge in [-0.25, -0.2) is 13.6 Å². The summed E-state index contributed by atoms with van der Waals surface area (Å²) >= 11 is 4.23. The summed E-state index contributed by atoms with van der Waals surface area (Å²) in [6.07, 6.45) is 4.09. The van der Waals surface area contributed by atoms with Crippen molar-refractivity contribution in [1.29, 1.82) is 0 Å². The largest absolute Gasteiger partial charge is 0.310 e. The molecule has 0 spiro atoms. The van der Waals surface area contributed by atoms with E-state index in [1.807, 2.05) is 11.3 Å². The number of thiophene rings is 1. The third-order valence-corrected chi connectivity index (χ3v) is 5.91. The molecule has 0 bridgehead atoms. The van der Waals surface area contributed by atoms with Crippen molar-refractivity contribution in [2.24, 2.45) is 5.14 Å². The van der Waals surface area contributed by atoms with Gasteiger partial charge >= 0.3 is 0 Å². The van der Waals surface area contributed by atoms with Crippen molar-refractivity contribution in [3.63, 3.8) is 0 Å². The molecule has 18 heavy (non-hydrogen) atoms. The van der Waals surface area contributed by atoms with Gasteiger partial charge in [0, 0.05) is 10.9 Å². The number of halogens is 1. The number of aryl methyl sites for hydroxylation is 1. The van der Waals surface area contributed by atoms with Gasteiger partial charge in [-0.3, -0.25) is 0 Å². The Hall–Kier alpha value is 0.300. The van der Waals surface area contributed by atoms with Crippen molar-refractivity contribution < 1.29 is 8.42 Å². The first-order chi connectivity index (χ1) is 8.46. The minimum absolute atomic E-state index is 0.0563. The summed E-state index contributed by atoms with van der Waals surface area (Å²) in [5.74, 6) is 0.0563. The molecule has 1 heterocycles. The Bertz CT molecular complexity index is 513. The Labute approximate surface area is 126 Å². The smallest absolute Gasteiger partial charge is 0.209 e. The van der Waals surface area contributed by atoms with E-state index in [4.69, 9.17) is 5.14 Å². The van der Waals surface area contributed by atoms with Gasteiger partial charge in [0.15, 0.2) is 0 Å². The molecule has 1 atom stereocenters. The van der Waals surface area contributed by atoms with Crippen molar-refractivity contribution >= 4 is 44.0 Å². The molecule has 102 valence electrons. The second-order valence-corrected chi connectivity index (χ2v) is 9.31. The van der Waals surface area contributed by atoms with Gasteiger partial charge in [0.2, 0.25) is 10.0 Å². The number of hydrogen-bond donors (Lipinski definition) is 2. The number of rotatable bonds is 5. The van der Waals surface area contributed by atoms with Crippen LogP contribution in [-0.2, 0) is 16.4 Å². The zero-order valence-electron chi connectivity index (χ0n) is 9.99. The topological polar surface area (TPSA) is 72.2 Å². The Morgan fingerprint density at radius 2 is 2.33 bits per heavy atom. The fourth-order valence-corrected chi connectivity index (χ4v) is 4.95. The van der Waals surface area contributed by atoms with Crippen LogP contribution in [0.15, 0.2) is 6.07 Å². The number of nitrogens with one attached hydrogen (secondary N) is 1. The van der Waals surface area contributed by atoms with Crippen LogP contribution in [0.2, 0.25) is 0 Å². The van der Waals surface area contributed by atoms with Crippen molar-refractivity contribution in [3.8, 4) is 0 Å². The Kier molecular flexibility index (Phi) is 5.04. The summed E-state index contributed by atoms with van der Waals surface area (Å²) in [5.41, 5.74) is 1.41. The summed E-state index contributed by atoms with van der Waals surface area (Å²) in [7, 11) is -3.32. The zero-order chi connectivity index (χ0) is 13.2. The molecule has 1 aliphatic rings. The second kappa shape index (κ2) is 6.17. The molecule has 0 radical (unpaired) electrons. The van der Waals surface area contributed by atoms with E-state index < -0.39 is 10.0 Å². The molecule has 0 saturated carbocycles. The summed E-state index contributed by atoms with van der Waals surface area (Å²) in [4.78, 5) is 1.48. The van der Waals surface area contributed by atoms with Crippen LogP contribution >= 0.6 is 33.9 Å². The molecule has 0 aromatic carbocycles. The Morgan fingerprint density at radius 3 is 3.06 bits per heavy atom. The highest BCUT2D eigenvalue weighted by Crippen LogP contribution is 2.36. The molecule has 1 unspecified atom stereocenters. The highest BCUT2D eigenvalue weighted by Gasteiger charge is 2.21. The maximum atomic E-state index is 10.8. The lowest BCUT2D eigenvalue weighted by atomic mass is 9.94. The third-order valence-electron chi connectivity index (χ3n) is 3.08. The lowest BCUT2D eigenvalue weighted by Crippen LogP contribution is -2.27. The van der Waals surface area contributed by atoms with E-state index >= 15 is 0 Å². The van der Waals surface area contributed by atoms with Crippen molar-refractivity contribution in [1.82, 2.24) is 5.32 Å². The lowest BCUT2D eigenvalue weighted by molar-refractivity contribution is 0.464. The lowest BCUT2D eigenvalue weighted by Gasteiger charge is -2.23. The summed E-state index contributed by atoms with van der Waals surface area (Å²) < 4.78 is 23.0. The van der Waals surface area contributed by atoms with Crippen molar-refractivity contribution in [3.05, 3.63) is 19.4 Å². The van der Waals surface area contributed by atoms with Crippen LogP contribution < -0.4 is 10.5 Å². The van der Waals surface area contributed by atoms with Gasteiger partial charge in [0.25, 0.3) is 0 Å². The molecule has 1 aliphatic carbocycles. The van der Waals surface area contributed by atoms with E-state index in [9.17, 15) is 8.42 Å². The minimum Gasteiger partial charge on any atom is -0.310 e. The SMILES string of the molecule is NS(=O)(=O)CCCNC1CCCc2sc(I)cc21. The molecule has 0 saturated heterocycles. The first-order valence-corrected chi connectivity index (χ1v) is 9.59. The van der Waals surface area contributed by atoms with Crippen LogP contribution in [0, 0.1) is 2.88 Å². The average molecular weight is 400 g/mol. The first-order valence-electron chi connectivity index (χ1n) is 5.97. The van der Waals surface area contributed by atoms with Gasteiger partial charge in [0.1, 0.15) is 0 Å². The van der Waals surface area contributed by atoms with Crippen LogP contribution in [0.3, 0.4) is 0 Å². The maximum Gasteiger partial charge on any atom is 0.209 e. The summed E-state index contributed by atoms with van der Waals surface area (Å²) in [6.45, 7) is 0.701. The van der Waals surface area contributed by atoms with Crippen LogP contribution in [-0.4, -0.2) is 20.7 Å². The predicted octanol–water partition coefficient (Wildman–Crippen LogP) is 2.00. The van der Waals surface area contributed by atoms with Gasteiger partial charge in [-0.05, 0) is 66.4 Å². The van der Waals surface area contributed by atoms with E-state index in [-0.39, 0.29) is 5.75 Å². The minimum atomic E-state index is -3.32. The van der Waals surface area contributed by atoms with Crippen LogP contribution in [0.5, 0.6) is 0 Å². The number of primary sulfonamides is 1. The third kappa shape index (κ3) is 4.16. The second-order valence-electron chi connectivity index (χ2n) is 4.55. The average Bonchev–Trinajstić information content (AvgIpc) is 2.64. The molecule has 0 aliphatic heterocycles. The molecule has 3 N–H and O–H groups in total. The van der Waals surface area contributed by atoms with E-state index in [0.717, 1.165) is 6.42 Å². The number of sulfonamides is 1. The van der Waals surface area contributed by atoms with Crippen LogP contribution in [0.1, 0.15) is 35.7 Å². The molecule has 4 nitrogen and oxygen atoms in total. The number of nitrogens with two attached hydrogens (primary N) is 1. The first kappa shape index (κ1) is 14.7. The monoisotopic (exact) mass is 400 g/mol. The Balaban J connectivity index is 1.87. The Morgan fingerprint density at radius 1 is 1.56 bits per heavy atom. The van der Waals surface area contributed by atoms with E-state index in [0.29, 0.717) is 19.0 Å². The standard InChI is InChI=1S/C11H17IN2O2S2/c12-11-7-8-9(3-1-4-10(8)17-11)14-5-2-6-18(13,15)16/h7,9,14H,1-6H2,(H2,13,15,16).